The lowest BCUT2D eigenvalue weighted by molar-refractivity contribution is -0.127. The maximum absolute atomic E-state index is 13.8. The Balaban J connectivity index is 1.55. The van der Waals surface area contributed by atoms with Crippen LogP contribution in [0.25, 0.3) is 0 Å². The Kier molecular flexibility index (Phi) is 6.23. The van der Waals surface area contributed by atoms with Crippen LogP contribution in [-0.4, -0.2) is 29.8 Å². The lowest BCUT2D eigenvalue weighted by atomic mass is 9.94. The highest BCUT2D eigenvalue weighted by atomic mass is 19.1. The predicted molar refractivity (Wildman–Crippen MR) is 103 cm³/mol. The fourth-order valence-electron chi connectivity index (χ4n) is 3.44. The highest BCUT2D eigenvalue weighted by Crippen LogP contribution is 2.22. The van der Waals surface area contributed by atoms with Crippen molar-refractivity contribution in [3.8, 4) is 6.07 Å². The van der Waals surface area contributed by atoms with Crippen molar-refractivity contribution in [2.45, 2.75) is 25.8 Å². The van der Waals surface area contributed by atoms with Gasteiger partial charge < -0.3 is 10.2 Å². The van der Waals surface area contributed by atoms with E-state index in [1.807, 2.05) is 19.1 Å². The van der Waals surface area contributed by atoms with Crippen molar-refractivity contribution < 1.29 is 18.4 Å². The number of carbonyl (C=O) groups is 2. The first-order chi connectivity index (χ1) is 13.9. The number of amides is 2. The summed E-state index contributed by atoms with van der Waals surface area (Å²) in [4.78, 5) is 26.5. The van der Waals surface area contributed by atoms with Crippen LogP contribution in [0.2, 0.25) is 0 Å². The average Bonchev–Trinajstić information content (AvgIpc) is 2.73. The van der Waals surface area contributed by atoms with Crippen LogP contribution in [0.1, 0.15) is 47.3 Å². The van der Waals surface area contributed by atoms with E-state index in [1.54, 1.807) is 12.1 Å². The fraction of sp³-hybridized carbons (Fsp3) is 0.318. The summed E-state index contributed by atoms with van der Waals surface area (Å²) in [5.74, 6) is -2.44. The molecule has 1 N–H and O–H groups in total. The van der Waals surface area contributed by atoms with Crippen LogP contribution < -0.4 is 5.32 Å². The number of rotatable bonds is 4. The number of benzene rings is 2. The minimum atomic E-state index is -0.883. The molecule has 150 valence electrons. The van der Waals surface area contributed by atoms with Gasteiger partial charge >= 0.3 is 0 Å². The third-order valence-electron chi connectivity index (χ3n) is 5.21. The van der Waals surface area contributed by atoms with Gasteiger partial charge in [-0.3, -0.25) is 9.59 Å². The first kappa shape index (κ1) is 20.5. The van der Waals surface area contributed by atoms with Crippen molar-refractivity contribution in [2.24, 2.45) is 5.92 Å². The number of hydrogen-bond donors (Lipinski definition) is 1. The van der Waals surface area contributed by atoms with Crippen LogP contribution in [-0.2, 0) is 4.79 Å². The third-order valence-corrected chi connectivity index (χ3v) is 5.21. The molecule has 0 radical (unpaired) electrons. The zero-order valence-electron chi connectivity index (χ0n) is 16.0. The van der Waals surface area contributed by atoms with Crippen LogP contribution in [0.5, 0.6) is 0 Å². The minimum Gasteiger partial charge on any atom is -0.349 e. The zero-order chi connectivity index (χ0) is 21.0. The molecule has 1 fully saturated rings. The Hall–Kier alpha value is -3.27. The second-order valence-electron chi connectivity index (χ2n) is 7.15. The van der Waals surface area contributed by atoms with Crippen LogP contribution >= 0.6 is 0 Å². The Bertz CT molecular complexity index is 946. The van der Waals surface area contributed by atoms with Gasteiger partial charge in [0.25, 0.3) is 5.91 Å². The minimum absolute atomic E-state index is 0.0954. The lowest BCUT2D eigenvalue weighted by Crippen LogP contribution is -2.43. The van der Waals surface area contributed by atoms with Gasteiger partial charge in [0, 0.05) is 25.1 Å². The topological polar surface area (TPSA) is 73.2 Å². The van der Waals surface area contributed by atoms with E-state index in [0.29, 0.717) is 37.6 Å². The van der Waals surface area contributed by atoms with E-state index in [-0.39, 0.29) is 23.4 Å². The SMILES string of the molecule is CC(NC(=O)C1CCN(C(=O)c2ccc(F)cc2F)CC1)c1ccc(C#N)cc1. The van der Waals surface area contributed by atoms with E-state index < -0.39 is 17.5 Å². The molecule has 1 atom stereocenters. The molecule has 5 nitrogen and oxygen atoms in total. The molecule has 0 aromatic heterocycles. The summed E-state index contributed by atoms with van der Waals surface area (Å²) in [6.45, 7) is 2.53. The van der Waals surface area contributed by atoms with Gasteiger partial charge in [0.05, 0.1) is 23.2 Å². The molecular weight excluding hydrogens is 376 g/mol. The van der Waals surface area contributed by atoms with Gasteiger partial charge in [0.1, 0.15) is 11.6 Å². The average molecular weight is 397 g/mol. The molecule has 0 bridgehead atoms. The number of carbonyl (C=O) groups excluding carboxylic acids is 2. The van der Waals surface area contributed by atoms with Crippen LogP contribution in [0.4, 0.5) is 8.78 Å². The normalized spacial score (nSPS) is 15.4. The second-order valence-corrected chi connectivity index (χ2v) is 7.15. The van der Waals surface area contributed by atoms with Gasteiger partial charge in [-0.2, -0.15) is 5.26 Å². The highest BCUT2D eigenvalue weighted by molar-refractivity contribution is 5.94. The van der Waals surface area contributed by atoms with Gasteiger partial charge in [-0.05, 0) is 49.6 Å². The van der Waals surface area contributed by atoms with Crippen molar-refractivity contribution in [3.05, 3.63) is 70.8 Å². The standard InChI is InChI=1S/C22H21F2N3O2/c1-14(16-4-2-15(13-25)3-5-16)26-21(28)17-8-10-27(11-9-17)22(29)19-7-6-18(23)12-20(19)24/h2-7,12,14,17H,8-11H2,1H3,(H,26,28). The van der Waals surface area contributed by atoms with Gasteiger partial charge in [-0.25, -0.2) is 8.78 Å². The maximum atomic E-state index is 13.8. The van der Waals surface area contributed by atoms with E-state index in [0.717, 1.165) is 17.7 Å². The van der Waals surface area contributed by atoms with E-state index in [4.69, 9.17) is 5.26 Å². The van der Waals surface area contributed by atoms with E-state index >= 15 is 0 Å². The maximum Gasteiger partial charge on any atom is 0.256 e. The van der Waals surface area contributed by atoms with Crippen LogP contribution in [0.3, 0.4) is 0 Å². The van der Waals surface area contributed by atoms with Crippen molar-refractivity contribution in [2.75, 3.05) is 13.1 Å². The van der Waals surface area contributed by atoms with E-state index in [9.17, 15) is 18.4 Å². The van der Waals surface area contributed by atoms with Crippen molar-refractivity contribution in [1.82, 2.24) is 10.2 Å². The molecule has 2 aromatic rings. The van der Waals surface area contributed by atoms with Crippen molar-refractivity contribution in [1.29, 1.82) is 5.26 Å². The van der Waals surface area contributed by atoms with Gasteiger partial charge in [0.15, 0.2) is 0 Å². The molecule has 1 unspecified atom stereocenters. The molecule has 3 rings (SSSR count). The molecule has 29 heavy (non-hydrogen) atoms. The lowest BCUT2D eigenvalue weighted by Gasteiger charge is -2.32. The van der Waals surface area contributed by atoms with Crippen molar-refractivity contribution >= 4 is 11.8 Å². The summed E-state index contributed by atoms with van der Waals surface area (Å²) in [5.41, 5.74) is 1.29. The number of hydrogen-bond acceptors (Lipinski definition) is 3. The molecule has 1 saturated heterocycles. The van der Waals surface area contributed by atoms with Crippen molar-refractivity contribution in [3.63, 3.8) is 0 Å². The number of nitrogens with zero attached hydrogens (tertiary/aromatic N) is 2. The van der Waals surface area contributed by atoms with Crippen LogP contribution in [0, 0.1) is 28.9 Å². The molecule has 0 spiro atoms. The van der Waals surface area contributed by atoms with Gasteiger partial charge in [-0.1, -0.05) is 12.1 Å². The molecule has 1 aliphatic rings. The summed E-state index contributed by atoms with van der Waals surface area (Å²) in [6, 6.07) is 11.8. The Morgan fingerprint density at radius 3 is 2.38 bits per heavy atom. The smallest absolute Gasteiger partial charge is 0.256 e. The summed E-state index contributed by atoms with van der Waals surface area (Å²) in [5, 5.41) is 11.8. The first-order valence-electron chi connectivity index (χ1n) is 9.44. The molecule has 2 aromatic carbocycles. The second kappa shape index (κ2) is 8.82. The number of halogens is 2. The molecule has 0 saturated carbocycles. The Labute approximate surface area is 167 Å². The molecule has 1 aliphatic heterocycles. The molecule has 2 amide bonds. The third kappa shape index (κ3) is 4.77. The summed E-state index contributed by atoms with van der Waals surface area (Å²) in [7, 11) is 0. The first-order valence-corrected chi connectivity index (χ1v) is 9.44. The van der Waals surface area contributed by atoms with Gasteiger partial charge in [0.2, 0.25) is 5.91 Å². The number of nitriles is 1. The molecule has 1 heterocycles. The number of piperidine rings is 1. The predicted octanol–water partition coefficient (Wildman–Crippen LogP) is 3.57. The fourth-order valence-corrected chi connectivity index (χ4v) is 3.44. The highest BCUT2D eigenvalue weighted by Gasteiger charge is 2.29. The molecular formula is C22H21F2N3O2. The summed E-state index contributed by atoms with van der Waals surface area (Å²) >= 11 is 0. The molecule has 7 heteroatoms. The zero-order valence-corrected chi connectivity index (χ0v) is 16.0. The van der Waals surface area contributed by atoms with E-state index in [1.165, 1.54) is 4.90 Å². The summed E-state index contributed by atoms with van der Waals surface area (Å²) in [6.07, 6.45) is 0.945. The number of likely N-dealkylation sites (tertiary alicyclic amines) is 1. The monoisotopic (exact) mass is 397 g/mol. The number of nitrogens with one attached hydrogen (secondary N) is 1. The Morgan fingerprint density at radius 1 is 1.14 bits per heavy atom. The van der Waals surface area contributed by atoms with E-state index in [2.05, 4.69) is 11.4 Å². The largest absolute Gasteiger partial charge is 0.349 e. The van der Waals surface area contributed by atoms with Crippen LogP contribution in [0.15, 0.2) is 42.5 Å². The van der Waals surface area contributed by atoms with Gasteiger partial charge in [-0.15, -0.1) is 0 Å². The molecule has 0 aliphatic carbocycles. The Morgan fingerprint density at radius 2 is 1.79 bits per heavy atom. The summed E-state index contributed by atoms with van der Waals surface area (Å²) < 4.78 is 26.9. The quantitative estimate of drug-likeness (QED) is 0.857.